The van der Waals surface area contributed by atoms with Gasteiger partial charge in [-0.15, -0.1) is 0 Å². The van der Waals surface area contributed by atoms with Crippen molar-refractivity contribution in [1.82, 2.24) is 5.32 Å². The van der Waals surface area contributed by atoms with Crippen LogP contribution in [0.4, 0.5) is 5.69 Å². The Bertz CT molecular complexity index is 569. The molecule has 0 amide bonds. The van der Waals surface area contributed by atoms with Crippen molar-refractivity contribution in [2.75, 3.05) is 6.54 Å². The quantitative estimate of drug-likeness (QED) is 0.588. The molecule has 0 saturated carbocycles. The lowest BCUT2D eigenvalue weighted by Gasteiger charge is -2.24. The fraction of sp³-hybridized carbons (Fsp3) is 0.571. The van der Waals surface area contributed by atoms with Crippen LogP contribution < -0.4 is 5.32 Å². The second-order valence-electron chi connectivity index (χ2n) is 4.97. The number of hydrogen-bond acceptors (Lipinski definition) is 5. The van der Waals surface area contributed by atoms with E-state index in [2.05, 4.69) is 5.32 Å². The van der Waals surface area contributed by atoms with E-state index >= 15 is 0 Å². The van der Waals surface area contributed by atoms with E-state index in [0.29, 0.717) is 6.42 Å². The summed E-state index contributed by atoms with van der Waals surface area (Å²) in [5.41, 5.74) is -0.113. The molecule has 0 aromatic heterocycles. The number of benzene rings is 1. The van der Waals surface area contributed by atoms with Crippen molar-refractivity contribution in [1.29, 1.82) is 0 Å². The zero-order valence-corrected chi connectivity index (χ0v) is 13.4. The van der Waals surface area contributed by atoms with Gasteiger partial charge < -0.3 is 5.32 Å². The van der Waals surface area contributed by atoms with Crippen LogP contribution in [-0.2, 0) is 9.84 Å². The molecular formula is C14H22N2O4S. The number of non-ortho nitro benzene ring substituents is 1. The summed E-state index contributed by atoms with van der Waals surface area (Å²) in [6, 6.07) is 4.91. The van der Waals surface area contributed by atoms with Crippen molar-refractivity contribution in [2.24, 2.45) is 0 Å². The van der Waals surface area contributed by atoms with Crippen LogP contribution in [-0.4, -0.2) is 31.2 Å². The monoisotopic (exact) mass is 314 g/mol. The molecule has 1 N–H and O–H groups in total. The van der Waals surface area contributed by atoms with Gasteiger partial charge in [-0.25, -0.2) is 8.42 Å². The SMILES string of the molecule is CCCNC(CC)C(C)S(=O)(=O)c1ccc([N+](=O)[O-])cc1. The predicted molar refractivity (Wildman–Crippen MR) is 82.1 cm³/mol. The highest BCUT2D eigenvalue weighted by atomic mass is 32.2. The van der Waals surface area contributed by atoms with Gasteiger partial charge in [0, 0.05) is 18.2 Å². The summed E-state index contributed by atoms with van der Waals surface area (Å²) < 4.78 is 25.1. The van der Waals surface area contributed by atoms with Crippen LogP contribution in [0.5, 0.6) is 0 Å². The maximum Gasteiger partial charge on any atom is 0.269 e. The summed E-state index contributed by atoms with van der Waals surface area (Å²) in [6.45, 7) is 6.40. The van der Waals surface area contributed by atoms with Gasteiger partial charge in [-0.2, -0.15) is 0 Å². The lowest BCUT2D eigenvalue weighted by molar-refractivity contribution is -0.384. The second kappa shape index (κ2) is 7.51. The molecule has 2 unspecified atom stereocenters. The van der Waals surface area contributed by atoms with E-state index in [4.69, 9.17) is 0 Å². The van der Waals surface area contributed by atoms with E-state index in [1.165, 1.54) is 24.3 Å². The van der Waals surface area contributed by atoms with Crippen molar-refractivity contribution in [3.05, 3.63) is 34.4 Å². The normalized spacial score (nSPS) is 14.6. The molecule has 6 nitrogen and oxygen atoms in total. The number of rotatable bonds is 8. The van der Waals surface area contributed by atoms with E-state index in [9.17, 15) is 18.5 Å². The Morgan fingerprint density at radius 3 is 2.24 bits per heavy atom. The fourth-order valence-electron chi connectivity index (χ4n) is 2.16. The molecule has 0 aliphatic rings. The first-order valence-corrected chi connectivity index (χ1v) is 8.60. The highest BCUT2D eigenvalue weighted by molar-refractivity contribution is 7.92. The molecule has 1 aromatic carbocycles. The zero-order chi connectivity index (χ0) is 16.0. The molecule has 7 heteroatoms. The molecule has 2 atom stereocenters. The van der Waals surface area contributed by atoms with Gasteiger partial charge in [0.15, 0.2) is 9.84 Å². The molecule has 0 heterocycles. The molecule has 0 radical (unpaired) electrons. The van der Waals surface area contributed by atoms with Crippen molar-refractivity contribution < 1.29 is 13.3 Å². The molecule has 0 fully saturated rings. The predicted octanol–water partition coefficient (Wildman–Crippen LogP) is 2.54. The highest BCUT2D eigenvalue weighted by Gasteiger charge is 2.29. The van der Waals surface area contributed by atoms with Gasteiger partial charge in [-0.3, -0.25) is 10.1 Å². The Kier molecular flexibility index (Phi) is 6.29. The van der Waals surface area contributed by atoms with Crippen LogP contribution in [0.15, 0.2) is 29.2 Å². The summed E-state index contributed by atoms with van der Waals surface area (Å²) in [7, 11) is -3.51. The molecule has 118 valence electrons. The van der Waals surface area contributed by atoms with Crippen LogP contribution in [0.3, 0.4) is 0 Å². The second-order valence-corrected chi connectivity index (χ2v) is 7.27. The largest absolute Gasteiger partial charge is 0.313 e. The Hall–Kier alpha value is -1.47. The van der Waals surface area contributed by atoms with E-state index in [1.807, 2.05) is 13.8 Å². The third kappa shape index (κ3) is 4.25. The van der Waals surface area contributed by atoms with Crippen molar-refractivity contribution in [2.45, 2.75) is 49.8 Å². The Labute approximate surface area is 125 Å². The van der Waals surface area contributed by atoms with Gasteiger partial charge in [0.05, 0.1) is 15.1 Å². The summed E-state index contributed by atoms with van der Waals surface area (Å²) in [4.78, 5) is 10.2. The van der Waals surface area contributed by atoms with Crippen molar-refractivity contribution in [3.8, 4) is 0 Å². The van der Waals surface area contributed by atoms with Crippen LogP contribution in [0.25, 0.3) is 0 Å². The van der Waals surface area contributed by atoms with Crippen LogP contribution in [0.1, 0.15) is 33.6 Å². The van der Waals surface area contributed by atoms with Gasteiger partial charge in [0.1, 0.15) is 0 Å². The lowest BCUT2D eigenvalue weighted by atomic mass is 10.1. The van der Waals surface area contributed by atoms with E-state index in [0.717, 1.165) is 13.0 Å². The number of nitrogens with zero attached hydrogens (tertiary/aromatic N) is 1. The summed E-state index contributed by atoms with van der Waals surface area (Å²) in [5, 5.41) is 13.3. The average molecular weight is 314 g/mol. The third-order valence-corrected chi connectivity index (χ3v) is 5.77. The fourth-order valence-corrected chi connectivity index (χ4v) is 3.83. The molecule has 0 saturated heterocycles. The Balaban J connectivity index is 3.00. The van der Waals surface area contributed by atoms with Gasteiger partial charge in [-0.1, -0.05) is 13.8 Å². The maximum absolute atomic E-state index is 12.6. The van der Waals surface area contributed by atoms with E-state index < -0.39 is 20.0 Å². The number of hydrogen-bond donors (Lipinski definition) is 1. The summed E-state index contributed by atoms with van der Waals surface area (Å²) in [6.07, 6.45) is 1.63. The van der Waals surface area contributed by atoms with Gasteiger partial charge in [-0.05, 0) is 38.4 Å². The molecule has 0 aliphatic carbocycles. The molecule has 0 spiro atoms. The average Bonchev–Trinajstić information content (AvgIpc) is 2.47. The van der Waals surface area contributed by atoms with Crippen molar-refractivity contribution >= 4 is 15.5 Å². The van der Waals surface area contributed by atoms with Crippen LogP contribution in [0, 0.1) is 10.1 Å². The minimum atomic E-state index is -3.51. The lowest BCUT2D eigenvalue weighted by Crippen LogP contribution is -2.42. The van der Waals surface area contributed by atoms with Gasteiger partial charge in [0.25, 0.3) is 5.69 Å². The topological polar surface area (TPSA) is 89.3 Å². The number of nitro benzene ring substituents is 1. The van der Waals surface area contributed by atoms with Gasteiger partial charge in [0.2, 0.25) is 0 Å². The molecular weight excluding hydrogens is 292 g/mol. The first-order chi connectivity index (χ1) is 9.84. The number of sulfone groups is 1. The van der Waals surface area contributed by atoms with Gasteiger partial charge >= 0.3 is 0 Å². The molecule has 1 rings (SSSR count). The maximum atomic E-state index is 12.6. The third-order valence-electron chi connectivity index (χ3n) is 3.53. The number of nitrogens with one attached hydrogen (secondary N) is 1. The first-order valence-electron chi connectivity index (χ1n) is 7.06. The molecule has 21 heavy (non-hydrogen) atoms. The van der Waals surface area contributed by atoms with E-state index in [1.54, 1.807) is 6.92 Å². The Morgan fingerprint density at radius 1 is 1.24 bits per heavy atom. The zero-order valence-electron chi connectivity index (χ0n) is 12.6. The van der Waals surface area contributed by atoms with Crippen molar-refractivity contribution in [3.63, 3.8) is 0 Å². The minimum Gasteiger partial charge on any atom is -0.313 e. The Morgan fingerprint density at radius 2 is 1.81 bits per heavy atom. The van der Waals surface area contributed by atoms with Crippen LogP contribution in [0.2, 0.25) is 0 Å². The van der Waals surface area contributed by atoms with E-state index in [-0.39, 0.29) is 16.6 Å². The summed E-state index contributed by atoms with van der Waals surface area (Å²) in [5.74, 6) is 0. The highest BCUT2D eigenvalue weighted by Crippen LogP contribution is 2.22. The molecule has 0 aliphatic heterocycles. The molecule has 0 bridgehead atoms. The summed E-state index contributed by atoms with van der Waals surface area (Å²) >= 11 is 0. The first kappa shape index (κ1) is 17.6. The minimum absolute atomic E-state index is 0.113. The number of nitro groups is 1. The molecule has 1 aromatic rings. The smallest absolute Gasteiger partial charge is 0.269 e. The van der Waals surface area contributed by atoms with Crippen LogP contribution >= 0.6 is 0 Å². The standard InChI is InChI=1S/C14H22N2O4S/c1-4-10-15-14(5-2)11(3)21(19,20)13-8-6-12(7-9-13)16(17)18/h6-9,11,14-15H,4-5,10H2,1-3H3.